The van der Waals surface area contributed by atoms with Crippen LogP contribution >= 0.6 is 0 Å². The van der Waals surface area contributed by atoms with Gasteiger partial charge >= 0.3 is 0 Å². The van der Waals surface area contributed by atoms with Gasteiger partial charge in [0.2, 0.25) is 35.4 Å². The number of primary amides is 1. The summed E-state index contributed by atoms with van der Waals surface area (Å²) in [5.74, 6) is -3.51. The van der Waals surface area contributed by atoms with Crippen molar-refractivity contribution >= 4 is 46.3 Å². The number of aromatic nitrogens is 1. The molecule has 38 heavy (non-hydrogen) atoms. The largest absolute Gasteiger partial charge is 0.368 e. The van der Waals surface area contributed by atoms with E-state index in [1.54, 1.807) is 6.20 Å². The third-order valence-electron chi connectivity index (χ3n) is 6.13. The van der Waals surface area contributed by atoms with Gasteiger partial charge in [0.1, 0.15) is 12.1 Å². The summed E-state index contributed by atoms with van der Waals surface area (Å²) in [4.78, 5) is 77.1. The van der Waals surface area contributed by atoms with Crippen LogP contribution in [0.25, 0.3) is 10.9 Å². The van der Waals surface area contributed by atoms with E-state index in [-0.39, 0.29) is 18.9 Å². The number of fused-ring (bicyclic) bond motifs is 1. The first-order valence-corrected chi connectivity index (χ1v) is 12.1. The van der Waals surface area contributed by atoms with E-state index in [1.165, 1.54) is 11.8 Å². The summed E-state index contributed by atoms with van der Waals surface area (Å²) in [6.45, 7) is 0.548. The lowest BCUT2D eigenvalue weighted by Crippen LogP contribution is -2.55. The lowest BCUT2D eigenvalue weighted by molar-refractivity contribution is -0.139. The number of amides is 6. The highest BCUT2D eigenvalue weighted by Crippen LogP contribution is 2.23. The van der Waals surface area contributed by atoms with Gasteiger partial charge in [0.05, 0.1) is 25.7 Å². The molecule has 1 aliphatic heterocycles. The molecule has 9 N–H and O–H groups in total. The van der Waals surface area contributed by atoms with Crippen molar-refractivity contribution in [3.63, 3.8) is 0 Å². The standard InChI is InChI=1S/C24H32N8O6/c1-13(22(36)30-12-21(35)29-11-20(34)28-10-19(26)33)31-23(37)18(32-7-6-16(25)24(32)38)8-14-9-27-17-5-3-2-4-15(14)17/h2-5,9,13,16,18,27H,6-8,10-12,25H2,1H3,(H2,26,33)(H,28,34)(H,29,35)(H,30,36)(H,31,37). The normalized spacial score (nSPS) is 16.5. The first-order chi connectivity index (χ1) is 18.1. The predicted octanol–water partition coefficient (Wildman–Crippen LogP) is -3.02. The first kappa shape index (κ1) is 28.1. The van der Waals surface area contributed by atoms with Crippen LogP contribution in [0.4, 0.5) is 0 Å². The Morgan fingerprint density at radius 3 is 2.34 bits per heavy atom. The number of aromatic amines is 1. The molecule has 14 nitrogen and oxygen atoms in total. The van der Waals surface area contributed by atoms with E-state index in [0.717, 1.165) is 16.5 Å². The Bertz CT molecular complexity index is 1230. The van der Waals surface area contributed by atoms with Crippen LogP contribution in [0.5, 0.6) is 0 Å². The van der Waals surface area contributed by atoms with E-state index in [1.807, 2.05) is 24.3 Å². The number of para-hydroxylation sites is 1. The Labute approximate surface area is 218 Å². The van der Waals surface area contributed by atoms with Crippen LogP contribution < -0.4 is 32.7 Å². The Morgan fingerprint density at radius 1 is 1.03 bits per heavy atom. The second-order valence-corrected chi connectivity index (χ2v) is 8.97. The van der Waals surface area contributed by atoms with Crippen molar-refractivity contribution < 1.29 is 28.8 Å². The predicted molar refractivity (Wildman–Crippen MR) is 136 cm³/mol. The van der Waals surface area contributed by atoms with Crippen molar-refractivity contribution in [2.45, 2.75) is 37.9 Å². The van der Waals surface area contributed by atoms with E-state index in [9.17, 15) is 28.8 Å². The Kier molecular flexibility index (Phi) is 9.38. The van der Waals surface area contributed by atoms with E-state index in [2.05, 4.69) is 26.3 Å². The minimum atomic E-state index is -1.02. The van der Waals surface area contributed by atoms with Gasteiger partial charge in [-0.05, 0) is 25.0 Å². The summed E-state index contributed by atoms with van der Waals surface area (Å²) in [5, 5.41) is 10.4. The van der Waals surface area contributed by atoms with Crippen LogP contribution in [-0.2, 0) is 35.2 Å². The number of carbonyl (C=O) groups excluding carboxylic acids is 6. The third-order valence-corrected chi connectivity index (χ3v) is 6.13. The number of nitrogens with one attached hydrogen (secondary N) is 5. The molecule has 3 rings (SSSR count). The SMILES string of the molecule is CC(NC(=O)C(Cc1c[nH]c2ccccc12)N1CCC(N)C1=O)C(=O)NCC(=O)NCC(=O)NCC(N)=O. The third kappa shape index (κ3) is 7.29. The van der Waals surface area contributed by atoms with Crippen molar-refractivity contribution in [2.24, 2.45) is 11.5 Å². The van der Waals surface area contributed by atoms with Crippen molar-refractivity contribution in [1.29, 1.82) is 0 Å². The van der Waals surface area contributed by atoms with Crippen LogP contribution in [0.15, 0.2) is 30.5 Å². The average molecular weight is 529 g/mol. The smallest absolute Gasteiger partial charge is 0.243 e. The lowest BCUT2D eigenvalue weighted by Gasteiger charge is -2.28. The molecule has 1 fully saturated rings. The van der Waals surface area contributed by atoms with Gasteiger partial charge < -0.3 is 42.6 Å². The quantitative estimate of drug-likeness (QED) is 0.151. The molecule has 204 valence electrons. The molecule has 1 aromatic heterocycles. The Hall–Kier alpha value is -4.46. The first-order valence-electron chi connectivity index (χ1n) is 12.1. The molecule has 0 bridgehead atoms. The number of carbonyl (C=O) groups is 6. The Balaban J connectivity index is 1.57. The fourth-order valence-corrected chi connectivity index (χ4v) is 4.07. The van der Waals surface area contributed by atoms with Gasteiger partial charge in [0, 0.05) is 30.1 Å². The highest BCUT2D eigenvalue weighted by Gasteiger charge is 2.38. The molecule has 14 heteroatoms. The summed E-state index contributed by atoms with van der Waals surface area (Å²) in [6, 6.07) is 4.97. The molecular weight excluding hydrogens is 496 g/mol. The molecule has 3 unspecified atom stereocenters. The molecular formula is C24H32N8O6. The number of H-pyrrole nitrogens is 1. The van der Waals surface area contributed by atoms with Crippen LogP contribution in [0.2, 0.25) is 0 Å². The van der Waals surface area contributed by atoms with Gasteiger partial charge in [0.15, 0.2) is 0 Å². The van der Waals surface area contributed by atoms with Crippen molar-refractivity contribution in [3.05, 3.63) is 36.0 Å². The van der Waals surface area contributed by atoms with Crippen LogP contribution in [0, 0.1) is 0 Å². The van der Waals surface area contributed by atoms with E-state index >= 15 is 0 Å². The second kappa shape index (κ2) is 12.7. The van der Waals surface area contributed by atoms with Gasteiger partial charge in [-0.1, -0.05) is 18.2 Å². The minimum absolute atomic E-state index is 0.211. The number of likely N-dealkylation sites (tertiary alicyclic amines) is 1. The number of rotatable bonds is 12. The summed E-state index contributed by atoms with van der Waals surface area (Å²) in [5.41, 5.74) is 12.5. The van der Waals surface area contributed by atoms with Crippen molar-refractivity contribution in [3.8, 4) is 0 Å². The number of nitrogens with two attached hydrogens (primary N) is 2. The fraction of sp³-hybridized carbons (Fsp3) is 0.417. The highest BCUT2D eigenvalue weighted by molar-refractivity contribution is 5.95. The van der Waals surface area contributed by atoms with Crippen LogP contribution in [0.1, 0.15) is 18.9 Å². The Morgan fingerprint density at radius 2 is 1.68 bits per heavy atom. The van der Waals surface area contributed by atoms with Crippen LogP contribution in [-0.4, -0.2) is 89.6 Å². The zero-order valence-electron chi connectivity index (χ0n) is 20.9. The molecule has 6 amide bonds. The van der Waals surface area contributed by atoms with Gasteiger partial charge in [-0.2, -0.15) is 0 Å². The molecule has 1 aromatic carbocycles. The topological polar surface area (TPSA) is 222 Å². The molecule has 2 aromatic rings. The summed E-state index contributed by atoms with van der Waals surface area (Å²) in [6.07, 6.45) is 2.42. The zero-order chi connectivity index (χ0) is 27.8. The minimum Gasteiger partial charge on any atom is -0.368 e. The highest BCUT2D eigenvalue weighted by atomic mass is 16.2. The molecule has 0 spiro atoms. The zero-order valence-corrected chi connectivity index (χ0v) is 20.9. The molecule has 0 saturated carbocycles. The maximum Gasteiger partial charge on any atom is 0.243 e. The second-order valence-electron chi connectivity index (χ2n) is 8.97. The number of hydrogen-bond acceptors (Lipinski definition) is 7. The monoisotopic (exact) mass is 528 g/mol. The van der Waals surface area contributed by atoms with E-state index in [0.29, 0.717) is 13.0 Å². The van der Waals surface area contributed by atoms with Crippen molar-refractivity contribution in [1.82, 2.24) is 31.2 Å². The van der Waals surface area contributed by atoms with E-state index < -0.39 is 60.8 Å². The summed E-state index contributed by atoms with van der Waals surface area (Å²) in [7, 11) is 0. The van der Waals surface area contributed by atoms with Gasteiger partial charge in [-0.3, -0.25) is 28.8 Å². The van der Waals surface area contributed by atoms with Gasteiger partial charge in [-0.25, -0.2) is 0 Å². The molecule has 1 aliphatic rings. The lowest BCUT2D eigenvalue weighted by atomic mass is 10.0. The van der Waals surface area contributed by atoms with Gasteiger partial charge in [-0.15, -0.1) is 0 Å². The summed E-state index contributed by atoms with van der Waals surface area (Å²) >= 11 is 0. The average Bonchev–Trinajstić information content (AvgIpc) is 3.45. The number of nitrogens with zero attached hydrogens (tertiary/aromatic N) is 1. The number of benzene rings is 1. The number of hydrogen-bond donors (Lipinski definition) is 7. The maximum absolute atomic E-state index is 13.3. The fourth-order valence-electron chi connectivity index (χ4n) is 4.07. The van der Waals surface area contributed by atoms with Gasteiger partial charge in [0.25, 0.3) is 0 Å². The van der Waals surface area contributed by atoms with Crippen LogP contribution in [0.3, 0.4) is 0 Å². The molecule has 3 atom stereocenters. The summed E-state index contributed by atoms with van der Waals surface area (Å²) < 4.78 is 0. The molecule has 0 aliphatic carbocycles. The van der Waals surface area contributed by atoms with Crippen molar-refractivity contribution in [2.75, 3.05) is 26.2 Å². The van der Waals surface area contributed by atoms with E-state index in [4.69, 9.17) is 11.5 Å². The maximum atomic E-state index is 13.3. The molecule has 2 heterocycles. The molecule has 1 saturated heterocycles. The molecule has 0 radical (unpaired) electrons.